The second-order valence-corrected chi connectivity index (χ2v) is 3.99. The molecule has 0 spiro atoms. The van der Waals surface area contributed by atoms with Gasteiger partial charge in [-0.15, -0.1) is 0 Å². The highest BCUT2D eigenvalue weighted by Gasteiger charge is 1.98. The molecule has 0 saturated carbocycles. The van der Waals surface area contributed by atoms with Crippen LogP contribution in [0.2, 0.25) is 0 Å². The number of amides is 1. The molecular weight excluding hydrogens is 230 g/mol. The molecule has 0 aliphatic carbocycles. The fraction of sp³-hybridized carbons (Fsp3) is 0.500. The highest BCUT2D eigenvalue weighted by Crippen LogP contribution is 2.12. The van der Waals surface area contributed by atoms with Crippen molar-refractivity contribution in [2.75, 3.05) is 27.4 Å². The van der Waals surface area contributed by atoms with E-state index in [-0.39, 0.29) is 5.91 Å². The van der Waals surface area contributed by atoms with Crippen molar-refractivity contribution in [3.8, 4) is 5.75 Å². The minimum atomic E-state index is 0.0187. The Labute approximate surface area is 108 Å². The predicted octanol–water partition coefficient (Wildman–Crippen LogP) is 1.78. The van der Waals surface area contributed by atoms with Gasteiger partial charge in [0.25, 0.3) is 0 Å². The predicted molar refractivity (Wildman–Crippen MR) is 70.8 cm³/mol. The lowest BCUT2D eigenvalue weighted by Gasteiger charge is -2.05. The van der Waals surface area contributed by atoms with Gasteiger partial charge in [-0.3, -0.25) is 4.79 Å². The Morgan fingerprint density at radius 3 is 2.56 bits per heavy atom. The summed E-state index contributed by atoms with van der Waals surface area (Å²) in [6.07, 6.45) is 2.36. The summed E-state index contributed by atoms with van der Waals surface area (Å²) < 4.78 is 10.5. The Morgan fingerprint density at radius 1 is 1.22 bits per heavy atom. The molecule has 100 valence electrons. The molecule has 0 saturated heterocycles. The third-order valence-electron chi connectivity index (χ3n) is 2.67. The molecular formula is C14H21NO3. The Kier molecular flexibility index (Phi) is 6.87. The number of methoxy groups -OCH3 is 1. The first-order valence-corrected chi connectivity index (χ1v) is 6.17. The number of nitrogens with one attached hydrogen (secondary N) is 1. The minimum Gasteiger partial charge on any atom is -0.497 e. The van der Waals surface area contributed by atoms with Crippen LogP contribution in [-0.4, -0.2) is 33.3 Å². The summed E-state index contributed by atoms with van der Waals surface area (Å²) in [5.41, 5.74) is 1.27. The lowest BCUT2D eigenvalue weighted by atomic mass is 10.1. The minimum absolute atomic E-state index is 0.0187. The largest absolute Gasteiger partial charge is 0.497 e. The maximum Gasteiger partial charge on any atom is 0.222 e. The lowest BCUT2D eigenvalue weighted by molar-refractivity contribution is -0.121. The average Bonchev–Trinajstić information content (AvgIpc) is 2.43. The molecule has 1 aromatic carbocycles. The molecule has 1 N–H and O–H groups in total. The van der Waals surface area contributed by atoms with Crippen LogP contribution in [0.1, 0.15) is 18.4 Å². The van der Waals surface area contributed by atoms with E-state index in [9.17, 15) is 4.79 Å². The van der Waals surface area contributed by atoms with E-state index in [1.165, 1.54) is 5.56 Å². The van der Waals surface area contributed by atoms with Gasteiger partial charge in [-0.05, 0) is 30.5 Å². The molecule has 0 bridgehead atoms. The smallest absolute Gasteiger partial charge is 0.222 e. The van der Waals surface area contributed by atoms with Crippen molar-refractivity contribution in [3.05, 3.63) is 29.8 Å². The van der Waals surface area contributed by atoms with Gasteiger partial charge in [0.1, 0.15) is 5.75 Å². The fourth-order valence-corrected chi connectivity index (χ4v) is 1.56. The van der Waals surface area contributed by atoms with Crippen LogP contribution in [0.5, 0.6) is 5.75 Å². The van der Waals surface area contributed by atoms with Crippen LogP contribution in [0.4, 0.5) is 0 Å². The zero-order valence-corrected chi connectivity index (χ0v) is 11.1. The summed E-state index contributed by atoms with van der Waals surface area (Å²) in [5.74, 6) is 0.894. The van der Waals surface area contributed by atoms with E-state index >= 15 is 0 Å². The lowest BCUT2D eigenvalue weighted by Crippen LogP contribution is -2.19. The van der Waals surface area contributed by atoms with Gasteiger partial charge in [0.15, 0.2) is 0 Å². The molecule has 0 fully saturated rings. The van der Waals surface area contributed by atoms with Gasteiger partial charge in [-0.2, -0.15) is 0 Å². The van der Waals surface area contributed by atoms with Gasteiger partial charge in [-0.1, -0.05) is 12.1 Å². The van der Waals surface area contributed by atoms with Crippen LogP contribution in [0.3, 0.4) is 0 Å². The number of hydrogen-bond acceptors (Lipinski definition) is 3. The highest BCUT2D eigenvalue weighted by atomic mass is 16.5. The molecule has 0 aromatic heterocycles. The van der Waals surface area contributed by atoms with Crippen molar-refractivity contribution in [2.24, 2.45) is 0 Å². The van der Waals surface area contributed by atoms with Crippen LogP contribution in [0.15, 0.2) is 24.3 Å². The number of rotatable bonds is 8. The molecule has 18 heavy (non-hydrogen) atoms. The van der Waals surface area contributed by atoms with Crippen LogP contribution in [-0.2, 0) is 16.0 Å². The fourth-order valence-electron chi connectivity index (χ4n) is 1.56. The molecule has 0 aliphatic heterocycles. The summed E-state index contributed by atoms with van der Waals surface area (Å²) in [5, 5.41) is 2.56. The Morgan fingerprint density at radius 2 is 1.94 bits per heavy atom. The van der Waals surface area contributed by atoms with E-state index in [1.54, 1.807) is 14.2 Å². The highest BCUT2D eigenvalue weighted by molar-refractivity contribution is 5.75. The van der Waals surface area contributed by atoms with Crippen molar-refractivity contribution >= 4 is 5.91 Å². The van der Waals surface area contributed by atoms with Gasteiger partial charge in [-0.25, -0.2) is 0 Å². The molecule has 0 atom stereocenters. The quantitative estimate of drug-likeness (QED) is 0.716. The number of benzene rings is 1. The van der Waals surface area contributed by atoms with Crippen molar-refractivity contribution in [3.63, 3.8) is 0 Å². The first-order chi connectivity index (χ1) is 8.76. The Bertz CT molecular complexity index is 349. The molecule has 0 radical (unpaired) electrons. The van der Waals surface area contributed by atoms with Gasteiger partial charge >= 0.3 is 0 Å². The average molecular weight is 251 g/mol. The van der Waals surface area contributed by atoms with Crippen molar-refractivity contribution in [2.45, 2.75) is 19.3 Å². The van der Waals surface area contributed by atoms with Gasteiger partial charge in [0.2, 0.25) is 5.91 Å². The van der Waals surface area contributed by atoms with Crippen molar-refractivity contribution < 1.29 is 14.3 Å². The molecule has 1 aromatic rings. The SMILES string of the molecule is CNC(=O)CCOCCCc1ccc(OC)cc1. The molecule has 1 rings (SSSR count). The van der Waals surface area contributed by atoms with E-state index in [0.717, 1.165) is 18.6 Å². The number of aryl methyl sites for hydroxylation is 1. The first-order valence-electron chi connectivity index (χ1n) is 6.17. The molecule has 1 amide bonds. The molecule has 4 heteroatoms. The van der Waals surface area contributed by atoms with E-state index in [1.807, 2.05) is 12.1 Å². The van der Waals surface area contributed by atoms with Gasteiger partial charge in [0, 0.05) is 20.1 Å². The van der Waals surface area contributed by atoms with Crippen LogP contribution < -0.4 is 10.1 Å². The first kappa shape index (κ1) is 14.5. The van der Waals surface area contributed by atoms with E-state index in [0.29, 0.717) is 19.6 Å². The zero-order valence-electron chi connectivity index (χ0n) is 11.1. The van der Waals surface area contributed by atoms with Crippen molar-refractivity contribution in [1.29, 1.82) is 0 Å². The molecule has 0 heterocycles. The van der Waals surface area contributed by atoms with E-state index < -0.39 is 0 Å². The van der Waals surface area contributed by atoms with E-state index in [2.05, 4.69) is 17.4 Å². The molecule has 0 unspecified atom stereocenters. The topological polar surface area (TPSA) is 47.6 Å². The van der Waals surface area contributed by atoms with E-state index in [4.69, 9.17) is 9.47 Å². The van der Waals surface area contributed by atoms with Crippen LogP contribution in [0, 0.1) is 0 Å². The van der Waals surface area contributed by atoms with Crippen LogP contribution in [0.25, 0.3) is 0 Å². The van der Waals surface area contributed by atoms with Gasteiger partial charge < -0.3 is 14.8 Å². The second kappa shape index (κ2) is 8.53. The maximum atomic E-state index is 10.9. The zero-order chi connectivity index (χ0) is 13.2. The second-order valence-electron chi connectivity index (χ2n) is 3.99. The Balaban J connectivity index is 2.08. The third-order valence-corrected chi connectivity index (χ3v) is 2.67. The number of hydrogen-bond donors (Lipinski definition) is 1. The summed E-state index contributed by atoms with van der Waals surface area (Å²) in [6, 6.07) is 8.04. The monoisotopic (exact) mass is 251 g/mol. The number of carbonyl (C=O) groups is 1. The van der Waals surface area contributed by atoms with Crippen molar-refractivity contribution in [1.82, 2.24) is 5.32 Å². The van der Waals surface area contributed by atoms with Gasteiger partial charge in [0.05, 0.1) is 13.7 Å². The summed E-state index contributed by atoms with van der Waals surface area (Å²) in [6.45, 7) is 1.17. The number of carbonyl (C=O) groups excluding carboxylic acids is 1. The third kappa shape index (κ3) is 5.68. The maximum absolute atomic E-state index is 10.9. The summed E-state index contributed by atoms with van der Waals surface area (Å²) in [7, 11) is 3.29. The molecule has 0 aliphatic rings. The number of ether oxygens (including phenoxy) is 2. The standard InChI is InChI=1S/C14H21NO3/c1-15-14(16)9-11-18-10-3-4-12-5-7-13(17-2)8-6-12/h5-8H,3-4,9-11H2,1-2H3,(H,15,16). The Hall–Kier alpha value is -1.55. The molecule has 4 nitrogen and oxygen atoms in total. The van der Waals surface area contributed by atoms with Crippen LogP contribution >= 0.6 is 0 Å². The normalized spacial score (nSPS) is 10.1. The summed E-state index contributed by atoms with van der Waals surface area (Å²) >= 11 is 0. The summed E-state index contributed by atoms with van der Waals surface area (Å²) in [4.78, 5) is 10.9.